The Labute approximate surface area is 160 Å². The lowest BCUT2D eigenvalue weighted by Crippen LogP contribution is -2.45. The number of ether oxygens (including phenoxy) is 1. The van der Waals surface area contributed by atoms with Crippen molar-refractivity contribution in [2.75, 3.05) is 25.5 Å². The van der Waals surface area contributed by atoms with Gasteiger partial charge in [-0.05, 0) is 61.7 Å². The van der Waals surface area contributed by atoms with Crippen LogP contribution in [0.1, 0.15) is 18.4 Å². The maximum Gasteiger partial charge on any atom is 0.243 e. The molecule has 1 unspecified atom stereocenters. The maximum atomic E-state index is 12.9. The predicted molar refractivity (Wildman–Crippen MR) is 105 cm³/mol. The number of halogens is 1. The van der Waals surface area contributed by atoms with E-state index in [4.69, 9.17) is 16.3 Å². The minimum atomic E-state index is -3.52. The number of sulfonamides is 1. The van der Waals surface area contributed by atoms with Crippen LogP contribution in [0.3, 0.4) is 0 Å². The van der Waals surface area contributed by atoms with E-state index in [1.807, 2.05) is 25.1 Å². The molecule has 0 radical (unpaired) electrons. The van der Waals surface area contributed by atoms with Crippen molar-refractivity contribution in [1.29, 1.82) is 0 Å². The minimum absolute atomic E-state index is 0.0292. The van der Waals surface area contributed by atoms with Crippen LogP contribution in [0.4, 0.5) is 5.69 Å². The zero-order chi connectivity index (χ0) is 18.7. The van der Waals surface area contributed by atoms with Gasteiger partial charge in [-0.15, -0.1) is 0 Å². The van der Waals surface area contributed by atoms with Gasteiger partial charge in [-0.3, -0.25) is 0 Å². The standard InChI is InChI=1S/C19H23ClN2O3S/c1-14-5-10-19(25-2)18(12-14)21-16-4-3-11-22(13-16)26(23,24)17-8-6-15(20)7-9-17/h5-10,12,16,21H,3-4,11,13H2,1-2H3. The van der Waals surface area contributed by atoms with Gasteiger partial charge in [-0.2, -0.15) is 4.31 Å². The molecule has 3 rings (SSSR count). The van der Waals surface area contributed by atoms with Gasteiger partial charge in [0.2, 0.25) is 10.0 Å². The molecule has 1 saturated heterocycles. The number of hydrogen-bond acceptors (Lipinski definition) is 4. The molecule has 5 nitrogen and oxygen atoms in total. The molecule has 0 aliphatic carbocycles. The third-order valence-corrected chi connectivity index (χ3v) is 6.68. The van der Waals surface area contributed by atoms with Gasteiger partial charge in [-0.25, -0.2) is 8.42 Å². The van der Waals surface area contributed by atoms with Gasteiger partial charge in [-0.1, -0.05) is 17.7 Å². The summed E-state index contributed by atoms with van der Waals surface area (Å²) < 4.78 is 32.8. The normalized spacial score (nSPS) is 18.5. The number of hydrogen-bond donors (Lipinski definition) is 1. The molecule has 1 N–H and O–H groups in total. The second kappa shape index (κ2) is 7.86. The summed E-state index contributed by atoms with van der Waals surface area (Å²) in [7, 11) is -1.89. The summed E-state index contributed by atoms with van der Waals surface area (Å²) in [4.78, 5) is 0.274. The van der Waals surface area contributed by atoms with Gasteiger partial charge in [0.1, 0.15) is 5.75 Å². The Kier molecular flexibility index (Phi) is 5.75. The maximum absolute atomic E-state index is 12.9. The summed E-state index contributed by atoms with van der Waals surface area (Å²) in [5, 5.41) is 3.97. The zero-order valence-electron chi connectivity index (χ0n) is 14.9. The second-order valence-electron chi connectivity index (χ2n) is 6.50. The first kappa shape index (κ1) is 19.0. The summed E-state index contributed by atoms with van der Waals surface area (Å²) in [5.74, 6) is 0.758. The highest BCUT2D eigenvalue weighted by atomic mass is 35.5. The Balaban J connectivity index is 1.77. The molecule has 0 amide bonds. The Hall–Kier alpha value is -1.76. The average Bonchev–Trinajstić information content (AvgIpc) is 2.62. The summed E-state index contributed by atoms with van der Waals surface area (Å²) in [6.07, 6.45) is 1.71. The van der Waals surface area contributed by atoms with Gasteiger partial charge >= 0.3 is 0 Å². The fourth-order valence-electron chi connectivity index (χ4n) is 3.19. The lowest BCUT2D eigenvalue weighted by molar-refractivity contribution is 0.326. The fraction of sp³-hybridized carbons (Fsp3) is 0.368. The van der Waals surface area contributed by atoms with Crippen LogP contribution in [-0.2, 0) is 10.0 Å². The molecule has 7 heteroatoms. The number of rotatable bonds is 5. The third kappa shape index (κ3) is 4.14. The van der Waals surface area contributed by atoms with E-state index in [2.05, 4.69) is 5.32 Å². The summed E-state index contributed by atoms with van der Waals surface area (Å²) >= 11 is 5.87. The molecule has 1 atom stereocenters. The van der Waals surface area contributed by atoms with Crippen molar-refractivity contribution in [2.24, 2.45) is 0 Å². The number of benzene rings is 2. The van der Waals surface area contributed by atoms with Gasteiger partial charge in [0, 0.05) is 24.2 Å². The molecule has 26 heavy (non-hydrogen) atoms. The first-order valence-corrected chi connectivity index (χ1v) is 10.4. The largest absolute Gasteiger partial charge is 0.495 e. The molecule has 1 fully saturated rings. The first-order chi connectivity index (χ1) is 12.4. The van der Waals surface area contributed by atoms with Crippen molar-refractivity contribution in [3.8, 4) is 5.75 Å². The molecule has 0 spiro atoms. The molecule has 0 aromatic heterocycles. The Bertz CT molecular complexity index is 869. The van der Waals surface area contributed by atoms with Gasteiger partial charge < -0.3 is 10.1 Å². The number of nitrogens with zero attached hydrogens (tertiary/aromatic N) is 1. The molecule has 2 aromatic rings. The summed E-state index contributed by atoms with van der Waals surface area (Å²) in [6.45, 7) is 2.96. The minimum Gasteiger partial charge on any atom is -0.495 e. The van der Waals surface area contributed by atoms with E-state index < -0.39 is 10.0 Å². The molecular weight excluding hydrogens is 372 g/mol. The highest BCUT2D eigenvalue weighted by Crippen LogP contribution is 2.29. The molecule has 2 aromatic carbocycles. The van der Waals surface area contributed by atoms with E-state index >= 15 is 0 Å². The SMILES string of the molecule is COc1ccc(C)cc1NC1CCCN(S(=O)(=O)c2ccc(Cl)cc2)C1. The molecule has 1 aliphatic rings. The van der Waals surface area contributed by atoms with E-state index in [0.29, 0.717) is 18.1 Å². The summed E-state index contributed by atoms with van der Waals surface area (Å²) in [5.41, 5.74) is 2.01. The highest BCUT2D eigenvalue weighted by molar-refractivity contribution is 7.89. The second-order valence-corrected chi connectivity index (χ2v) is 8.88. The molecular formula is C19H23ClN2O3S. The topological polar surface area (TPSA) is 58.6 Å². The van der Waals surface area contributed by atoms with Crippen molar-refractivity contribution < 1.29 is 13.2 Å². The quantitative estimate of drug-likeness (QED) is 0.834. The van der Waals surface area contributed by atoms with Crippen LogP contribution in [0, 0.1) is 6.92 Å². The van der Waals surface area contributed by atoms with E-state index in [9.17, 15) is 8.42 Å². The van der Waals surface area contributed by atoms with Gasteiger partial charge in [0.25, 0.3) is 0 Å². The van der Waals surface area contributed by atoms with Crippen molar-refractivity contribution in [2.45, 2.75) is 30.7 Å². The number of nitrogens with one attached hydrogen (secondary N) is 1. The number of anilines is 1. The van der Waals surface area contributed by atoms with Crippen molar-refractivity contribution in [1.82, 2.24) is 4.31 Å². The monoisotopic (exact) mass is 394 g/mol. The van der Waals surface area contributed by atoms with Gasteiger partial charge in [0.05, 0.1) is 17.7 Å². The average molecular weight is 395 g/mol. The van der Waals surface area contributed by atoms with Crippen molar-refractivity contribution >= 4 is 27.3 Å². The molecule has 0 bridgehead atoms. The molecule has 1 aliphatic heterocycles. The van der Waals surface area contributed by atoms with Crippen molar-refractivity contribution in [3.05, 3.63) is 53.1 Å². The number of aryl methyl sites for hydroxylation is 1. The highest BCUT2D eigenvalue weighted by Gasteiger charge is 2.30. The van der Waals surface area contributed by atoms with E-state index in [-0.39, 0.29) is 10.9 Å². The number of methoxy groups -OCH3 is 1. The van der Waals surface area contributed by atoms with Crippen LogP contribution in [0.25, 0.3) is 0 Å². The smallest absolute Gasteiger partial charge is 0.243 e. The van der Waals surface area contributed by atoms with Crippen molar-refractivity contribution in [3.63, 3.8) is 0 Å². The first-order valence-electron chi connectivity index (χ1n) is 8.57. The van der Waals surface area contributed by atoms with Crippen LogP contribution in [0.5, 0.6) is 5.75 Å². The summed E-state index contributed by atoms with van der Waals surface area (Å²) in [6, 6.07) is 12.3. The van der Waals surface area contributed by atoms with Crippen LogP contribution >= 0.6 is 11.6 Å². The Morgan fingerprint density at radius 2 is 1.92 bits per heavy atom. The van der Waals surface area contributed by atoms with E-state index in [0.717, 1.165) is 29.8 Å². The predicted octanol–water partition coefficient (Wildman–Crippen LogP) is 3.92. The number of piperidine rings is 1. The Morgan fingerprint density at radius 1 is 1.19 bits per heavy atom. The van der Waals surface area contributed by atoms with Crippen LogP contribution in [0.15, 0.2) is 47.4 Å². The third-order valence-electron chi connectivity index (χ3n) is 4.55. The molecule has 0 saturated carbocycles. The fourth-order valence-corrected chi connectivity index (χ4v) is 4.84. The van der Waals surface area contributed by atoms with Crippen LogP contribution in [0.2, 0.25) is 5.02 Å². The van der Waals surface area contributed by atoms with Gasteiger partial charge in [0.15, 0.2) is 0 Å². The lowest BCUT2D eigenvalue weighted by atomic mass is 10.1. The van der Waals surface area contributed by atoms with Crippen LogP contribution in [-0.4, -0.2) is 39.0 Å². The van der Waals surface area contributed by atoms with E-state index in [1.165, 1.54) is 0 Å². The lowest BCUT2D eigenvalue weighted by Gasteiger charge is -2.33. The van der Waals surface area contributed by atoms with Crippen LogP contribution < -0.4 is 10.1 Å². The molecule has 140 valence electrons. The Morgan fingerprint density at radius 3 is 2.62 bits per heavy atom. The van der Waals surface area contributed by atoms with E-state index in [1.54, 1.807) is 35.7 Å². The molecule has 1 heterocycles. The zero-order valence-corrected chi connectivity index (χ0v) is 16.5.